The average Bonchev–Trinajstić information content (AvgIpc) is 2.91. The zero-order valence-electron chi connectivity index (χ0n) is 13.6. The van der Waals surface area contributed by atoms with Crippen molar-refractivity contribution < 1.29 is 13.2 Å². The van der Waals surface area contributed by atoms with E-state index in [0.29, 0.717) is 23.7 Å². The van der Waals surface area contributed by atoms with Crippen LogP contribution in [0.25, 0.3) is 10.8 Å². The monoisotopic (exact) mass is 349 g/mol. The van der Waals surface area contributed by atoms with Crippen molar-refractivity contribution in [2.24, 2.45) is 7.05 Å². The van der Waals surface area contributed by atoms with Crippen LogP contribution in [0.2, 0.25) is 0 Å². The molecule has 2 heterocycles. The van der Waals surface area contributed by atoms with Crippen LogP contribution in [0.4, 0.5) is 0 Å². The molecule has 1 fully saturated rings. The molecule has 1 aliphatic rings. The summed E-state index contributed by atoms with van der Waals surface area (Å²) in [5.74, 6) is -0.259. The van der Waals surface area contributed by atoms with Crippen molar-refractivity contribution in [3.05, 3.63) is 40.3 Å². The van der Waals surface area contributed by atoms with Gasteiger partial charge in [0.25, 0.3) is 11.5 Å². The Bertz CT molecular complexity index is 965. The number of sulfone groups is 1. The molecule has 0 N–H and O–H groups in total. The number of benzene rings is 1. The molecule has 1 aromatic carbocycles. The van der Waals surface area contributed by atoms with Crippen LogP contribution < -0.4 is 5.56 Å². The van der Waals surface area contributed by atoms with Crippen molar-refractivity contribution in [1.82, 2.24) is 14.7 Å². The maximum atomic E-state index is 13.0. The zero-order chi connectivity index (χ0) is 17.5. The highest BCUT2D eigenvalue weighted by molar-refractivity contribution is 7.91. The largest absolute Gasteiger partial charge is 0.333 e. The topological polar surface area (TPSA) is 89.3 Å². The first-order valence-corrected chi connectivity index (χ1v) is 9.63. The number of rotatable bonds is 3. The van der Waals surface area contributed by atoms with Gasteiger partial charge in [-0.15, -0.1) is 0 Å². The molecule has 1 saturated heterocycles. The summed E-state index contributed by atoms with van der Waals surface area (Å²) in [7, 11) is -1.59. The van der Waals surface area contributed by atoms with Crippen LogP contribution in [0.3, 0.4) is 0 Å². The lowest BCUT2D eigenvalue weighted by molar-refractivity contribution is 0.0702. The van der Waals surface area contributed by atoms with Crippen LogP contribution in [0.5, 0.6) is 0 Å². The SMILES string of the molecule is CCN(C(=O)c1nn(C)c(=O)c2ccccc12)C1CCS(=O)(=O)C1. The number of carbonyl (C=O) groups excluding carboxylic acids is 1. The number of aryl methyl sites for hydroxylation is 1. The number of aromatic nitrogens is 2. The summed E-state index contributed by atoms with van der Waals surface area (Å²) >= 11 is 0. The fraction of sp³-hybridized carbons (Fsp3) is 0.438. The molecule has 1 amide bonds. The van der Waals surface area contributed by atoms with Gasteiger partial charge in [0.15, 0.2) is 15.5 Å². The maximum absolute atomic E-state index is 13.0. The molecule has 0 spiro atoms. The van der Waals surface area contributed by atoms with Gasteiger partial charge < -0.3 is 4.90 Å². The first-order valence-electron chi connectivity index (χ1n) is 7.81. The molecule has 24 heavy (non-hydrogen) atoms. The van der Waals surface area contributed by atoms with E-state index in [9.17, 15) is 18.0 Å². The fourth-order valence-corrected chi connectivity index (χ4v) is 4.91. The molecule has 3 rings (SSSR count). The highest BCUT2D eigenvalue weighted by Crippen LogP contribution is 2.21. The van der Waals surface area contributed by atoms with E-state index in [1.54, 1.807) is 29.2 Å². The van der Waals surface area contributed by atoms with Crippen LogP contribution in [0.15, 0.2) is 29.1 Å². The maximum Gasteiger partial charge on any atom is 0.275 e. The van der Waals surface area contributed by atoms with Crippen LogP contribution in [0, 0.1) is 0 Å². The van der Waals surface area contributed by atoms with Gasteiger partial charge in [-0.1, -0.05) is 18.2 Å². The second-order valence-corrected chi connectivity index (χ2v) is 8.20. The van der Waals surface area contributed by atoms with E-state index in [2.05, 4.69) is 5.10 Å². The third kappa shape index (κ3) is 2.82. The fourth-order valence-electron chi connectivity index (χ4n) is 3.18. The molecule has 0 aliphatic carbocycles. The Morgan fingerprint density at radius 1 is 1.33 bits per heavy atom. The van der Waals surface area contributed by atoms with Gasteiger partial charge in [-0.3, -0.25) is 9.59 Å². The first-order chi connectivity index (χ1) is 11.3. The van der Waals surface area contributed by atoms with Crippen LogP contribution in [-0.2, 0) is 16.9 Å². The number of carbonyl (C=O) groups is 1. The summed E-state index contributed by atoms with van der Waals surface area (Å²) in [6.07, 6.45) is 0.436. The Labute approximate surface area is 139 Å². The molecule has 1 unspecified atom stereocenters. The smallest absolute Gasteiger partial charge is 0.275 e. The van der Waals surface area contributed by atoms with Gasteiger partial charge in [0.05, 0.1) is 16.9 Å². The molecular formula is C16H19N3O4S. The van der Waals surface area contributed by atoms with E-state index >= 15 is 0 Å². The Kier molecular flexibility index (Phi) is 4.16. The second kappa shape index (κ2) is 6.01. The summed E-state index contributed by atoms with van der Waals surface area (Å²) < 4.78 is 24.6. The van der Waals surface area contributed by atoms with Crippen molar-refractivity contribution in [3.8, 4) is 0 Å². The van der Waals surface area contributed by atoms with Crippen LogP contribution in [0.1, 0.15) is 23.8 Å². The molecule has 0 radical (unpaired) electrons. The summed E-state index contributed by atoms with van der Waals surface area (Å²) in [5.41, 5.74) is -0.0903. The first kappa shape index (κ1) is 16.6. The highest BCUT2D eigenvalue weighted by Gasteiger charge is 2.35. The van der Waals surface area contributed by atoms with E-state index in [1.807, 2.05) is 6.92 Å². The third-order valence-electron chi connectivity index (χ3n) is 4.41. The Hall–Kier alpha value is -2.22. The summed E-state index contributed by atoms with van der Waals surface area (Å²) in [5, 5.41) is 5.06. The van der Waals surface area contributed by atoms with Crippen molar-refractivity contribution in [1.29, 1.82) is 0 Å². The normalized spacial score (nSPS) is 19.5. The molecular weight excluding hydrogens is 330 g/mol. The predicted octanol–water partition coefficient (Wildman–Crippen LogP) is 0.583. The van der Waals surface area contributed by atoms with E-state index in [-0.39, 0.29) is 34.7 Å². The lowest BCUT2D eigenvalue weighted by atomic mass is 10.1. The van der Waals surface area contributed by atoms with Crippen LogP contribution in [-0.4, -0.2) is 53.1 Å². The van der Waals surface area contributed by atoms with E-state index in [4.69, 9.17) is 0 Å². The lowest BCUT2D eigenvalue weighted by Crippen LogP contribution is -2.42. The van der Waals surface area contributed by atoms with Gasteiger partial charge in [-0.25, -0.2) is 13.1 Å². The molecule has 128 valence electrons. The molecule has 0 bridgehead atoms. The Morgan fingerprint density at radius 3 is 2.58 bits per heavy atom. The van der Waals surface area contributed by atoms with Gasteiger partial charge in [0.1, 0.15) is 0 Å². The minimum Gasteiger partial charge on any atom is -0.333 e. The molecule has 1 aliphatic heterocycles. The molecule has 8 heteroatoms. The van der Waals surface area contributed by atoms with E-state index in [0.717, 1.165) is 4.68 Å². The minimum absolute atomic E-state index is 0.0176. The van der Waals surface area contributed by atoms with Gasteiger partial charge >= 0.3 is 0 Å². The second-order valence-electron chi connectivity index (χ2n) is 5.97. The molecule has 0 saturated carbocycles. The van der Waals surface area contributed by atoms with Gasteiger partial charge in [0.2, 0.25) is 0 Å². The summed E-state index contributed by atoms with van der Waals surface area (Å²) in [6.45, 7) is 2.20. The highest BCUT2D eigenvalue weighted by atomic mass is 32.2. The quantitative estimate of drug-likeness (QED) is 0.809. The van der Waals surface area contributed by atoms with E-state index < -0.39 is 9.84 Å². The van der Waals surface area contributed by atoms with E-state index in [1.165, 1.54) is 7.05 Å². The molecule has 1 atom stereocenters. The Balaban J connectivity index is 2.08. The molecule has 2 aromatic rings. The molecule has 7 nitrogen and oxygen atoms in total. The van der Waals surface area contributed by atoms with Gasteiger partial charge in [-0.05, 0) is 19.4 Å². The molecule has 1 aromatic heterocycles. The summed E-state index contributed by atoms with van der Waals surface area (Å²) in [6, 6.07) is 6.49. The summed E-state index contributed by atoms with van der Waals surface area (Å²) in [4.78, 5) is 26.7. The zero-order valence-corrected chi connectivity index (χ0v) is 14.4. The number of amides is 1. The number of hydrogen-bond acceptors (Lipinski definition) is 5. The lowest BCUT2D eigenvalue weighted by Gasteiger charge is -2.27. The number of hydrogen-bond donors (Lipinski definition) is 0. The third-order valence-corrected chi connectivity index (χ3v) is 6.16. The van der Waals surface area contributed by atoms with Crippen LogP contribution >= 0.6 is 0 Å². The average molecular weight is 349 g/mol. The van der Waals surface area contributed by atoms with Gasteiger partial charge in [0, 0.05) is 25.0 Å². The van der Waals surface area contributed by atoms with Crippen molar-refractivity contribution in [2.75, 3.05) is 18.1 Å². The standard InChI is InChI=1S/C16H19N3O4S/c1-3-19(11-8-9-24(22,23)10-11)16(21)14-12-6-4-5-7-13(12)15(20)18(2)17-14/h4-7,11H,3,8-10H2,1-2H3. The Morgan fingerprint density at radius 2 is 2.00 bits per heavy atom. The number of fused-ring (bicyclic) bond motifs is 1. The minimum atomic E-state index is -3.09. The van der Waals surface area contributed by atoms with Crippen molar-refractivity contribution in [3.63, 3.8) is 0 Å². The number of nitrogens with zero attached hydrogens (tertiary/aromatic N) is 3. The van der Waals surface area contributed by atoms with Crippen molar-refractivity contribution in [2.45, 2.75) is 19.4 Å². The van der Waals surface area contributed by atoms with Crippen molar-refractivity contribution >= 4 is 26.5 Å². The predicted molar refractivity (Wildman–Crippen MR) is 90.8 cm³/mol. The van der Waals surface area contributed by atoms with Gasteiger partial charge in [-0.2, -0.15) is 5.10 Å².